The number of phenolic OH excluding ortho intramolecular Hbond substituents is 1. The number of piperazine rings is 1. The lowest BCUT2D eigenvalue weighted by molar-refractivity contribution is 0.0695. The molecule has 0 bridgehead atoms. The third-order valence-electron chi connectivity index (χ3n) is 5.23. The van der Waals surface area contributed by atoms with Crippen molar-refractivity contribution in [3.05, 3.63) is 89.2 Å². The molecule has 3 aromatic rings. The van der Waals surface area contributed by atoms with Gasteiger partial charge < -0.3 is 20.0 Å². The van der Waals surface area contributed by atoms with Gasteiger partial charge in [-0.15, -0.1) is 0 Å². The van der Waals surface area contributed by atoms with Crippen molar-refractivity contribution in [2.24, 2.45) is 0 Å². The van der Waals surface area contributed by atoms with Gasteiger partial charge in [-0.1, -0.05) is 17.9 Å². The Kier molecular flexibility index (Phi) is 6.04. The largest absolute Gasteiger partial charge is 0.508 e. The Morgan fingerprint density at radius 3 is 2.25 bits per heavy atom. The molecule has 1 aliphatic rings. The summed E-state index contributed by atoms with van der Waals surface area (Å²) >= 11 is 0. The summed E-state index contributed by atoms with van der Waals surface area (Å²) in [6.45, 7) is 2.42. The molecule has 2 N–H and O–H groups in total. The Morgan fingerprint density at radius 2 is 1.56 bits per heavy atom. The SMILES string of the molecule is O=C(O)c1ccc(N2CCN(C(=O)c3cncc(C#Cc4cccc(O)c4)c3)CC2)cc1. The van der Waals surface area contributed by atoms with Crippen LogP contribution in [0.25, 0.3) is 0 Å². The summed E-state index contributed by atoms with van der Waals surface area (Å²) in [5.41, 5.74) is 2.97. The lowest BCUT2D eigenvalue weighted by Gasteiger charge is -2.36. The van der Waals surface area contributed by atoms with Crippen molar-refractivity contribution in [2.45, 2.75) is 0 Å². The smallest absolute Gasteiger partial charge is 0.335 e. The molecule has 0 unspecified atom stereocenters. The average molecular weight is 427 g/mol. The fourth-order valence-corrected chi connectivity index (χ4v) is 3.52. The Balaban J connectivity index is 1.40. The predicted octanol–water partition coefficient (Wildman–Crippen LogP) is 2.85. The van der Waals surface area contributed by atoms with Crippen LogP contribution in [-0.4, -0.2) is 58.2 Å². The molecule has 160 valence electrons. The van der Waals surface area contributed by atoms with Crippen molar-refractivity contribution in [1.82, 2.24) is 9.88 Å². The van der Waals surface area contributed by atoms with E-state index in [1.165, 1.54) is 0 Å². The third-order valence-corrected chi connectivity index (χ3v) is 5.23. The van der Waals surface area contributed by atoms with Gasteiger partial charge in [0.15, 0.2) is 0 Å². The van der Waals surface area contributed by atoms with Crippen LogP contribution in [0.3, 0.4) is 0 Å². The second-order valence-electron chi connectivity index (χ2n) is 7.39. The van der Waals surface area contributed by atoms with Gasteiger partial charge in [-0.05, 0) is 48.5 Å². The first-order chi connectivity index (χ1) is 15.5. The lowest BCUT2D eigenvalue weighted by atomic mass is 10.1. The predicted molar refractivity (Wildman–Crippen MR) is 120 cm³/mol. The number of aromatic carboxylic acids is 1. The van der Waals surface area contributed by atoms with Crippen LogP contribution in [0.2, 0.25) is 0 Å². The fourth-order valence-electron chi connectivity index (χ4n) is 3.52. The van der Waals surface area contributed by atoms with E-state index in [-0.39, 0.29) is 17.2 Å². The molecule has 0 atom stereocenters. The van der Waals surface area contributed by atoms with Crippen LogP contribution in [0.15, 0.2) is 67.0 Å². The van der Waals surface area contributed by atoms with E-state index in [1.807, 2.05) is 0 Å². The number of hydrogen-bond donors (Lipinski definition) is 2. The molecule has 1 saturated heterocycles. The van der Waals surface area contributed by atoms with E-state index in [1.54, 1.807) is 71.9 Å². The number of amides is 1. The van der Waals surface area contributed by atoms with Gasteiger partial charge in [0, 0.05) is 55.4 Å². The first kappa shape index (κ1) is 20.9. The van der Waals surface area contributed by atoms with E-state index in [0.717, 1.165) is 5.69 Å². The molecule has 0 aliphatic carbocycles. The number of carboxylic acid groups (broad SMARTS) is 1. The Bertz CT molecular complexity index is 1200. The standard InChI is InChI=1S/C25H21N3O4/c29-23-3-1-2-18(15-23)4-5-19-14-21(17-26-16-19)24(30)28-12-10-27(11-13-28)22-8-6-20(7-9-22)25(31)32/h1-3,6-9,14-17,29H,10-13H2,(H,31,32). The number of pyridine rings is 1. The molecule has 0 saturated carbocycles. The van der Waals surface area contributed by atoms with E-state index in [4.69, 9.17) is 5.11 Å². The van der Waals surface area contributed by atoms with Crippen LogP contribution in [0.4, 0.5) is 5.69 Å². The zero-order chi connectivity index (χ0) is 22.5. The topological polar surface area (TPSA) is 94.0 Å². The number of carbonyl (C=O) groups is 2. The van der Waals surface area contributed by atoms with Crippen molar-refractivity contribution >= 4 is 17.6 Å². The van der Waals surface area contributed by atoms with E-state index in [2.05, 4.69) is 21.7 Å². The van der Waals surface area contributed by atoms with Crippen molar-refractivity contribution in [3.8, 4) is 17.6 Å². The number of anilines is 1. The monoisotopic (exact) mass is 427 g/mol. The molecular formula is C25H21N3O4. The number of rotatable bonds is 3. The van der Waals surface area contributed by atoms with Crippen LogP contribution in [0, 0.1) is 11.8 Å². The van der Waals surface area contributed by atoms with Crippen molar-refractivity contribution in [2.75, 3.05) is 31.1 Å². The summed E-state index contributed by atoms with van der Waals surface area (Å²) in [5.74, 6) is 5.05. The minimum atomic E-state index is -0.950. The van der Waals surface area contributed by atoms with Gasteiger partial charge in [-0.2, -0.15) is 0 Å². The van der Waals surface area contributed by atoms with Gasteiger partial charge in [0.05, 0.1) is 11.1 Å². The van der Waals surface area contributed by atoms with E-state index >= 15 is 0 Å². The van der Waals surface area contributed by atoms with Crippen molar-refractivity contribution in [3.63, 3.8) is 0 Å². The molecule has 2 heterocycles. The summed E-state index contributed by atoms with van der Waals surface area (Å²) in [4.78, 5) is 32.0. The summed E-state index contributed by atoms with van der Waals surface area (Å²) in [5, 5.41) is 18.6. The van der Waals surface area contributed by atoms with E-state index in [0.29, 0.717) is 42.9 Å². The van der Waals surface area contributed by atoms with Crippen LogP contribution in [0.1, 0.15) is 31.8 Å². The number of hydrogen-bond acceptors (Lipinski definition) is 5. The number of carbonyl (C=O) groups excluding carboxylic acids is 1. The molecule has 1 amide bonds. The highest BCUT2D eigenvalue weighted by molar-refractivity contribution is 5.94. The van der Waals surface area contributed by atoms with Gasteiger partial charge in [0.1, 0.15) is 5.75 Å². The summed E-state index contributed by atoms with van der Waals surface area (Å²) in [6.07, 6.45) is 3.14. The minimum absolute atomic E-state index is 0.0978. The Hall–Kier alpha value is -4.31. The maximum atomic E-state index is 13.0. The molecule has 7 heteroatoms. The van der Waals surface area contributed by atoms with E-state index in [9.17, 15) is 14.7 Å². The van der Waals surface area contributed by atoms with Gasteiger partial charge in [-0.25, -0.2) is 4.79 Å². The van der Waals surface area contributed by atoms with Crippen molar-refractivity contribution < 1.29 is 19.8 Å². The minimum Gasteiger partial charge on any atom is -0.508 e. The lowest BCUT2D eigenvalue weighted by Crippen LogP contribution is -2.48. The Morgan fingerprint density at radius 1 is 0.844 bits per heavy atom. The molecule has 1 aromatic heterocycles. The molecule has 0 spiro atoms. The number of phenols is 1. The highest BCUT2D eigenvalue weighted by Crippen LogP contribution is 2.18. The number of aromatic hydroxyl groups is 1. The van der Waals surface area contributed by atoms with Gasteiger partial charge >= 0.3 is 5.97 Å². The van der Waals surface area contributed by atoms with Gasteiger partial charge in [0.2, 0.25) is 0 Å². The summed E-state index contributed by atoms with van der Waals surface area (Å²) < 4.78 is 0. The third kappa shape index (κ3) is 4.87. The van der Waals surface area contributed by atoms with Crippen molar-refractivity contribution in [1.29, 1.82) is 0 Å². The van der Waals surface area contributed by atoms with Crippen LogP contribution < -0.4 is 4.90 Å². The normalized spacial score (nSPS) is 13.2. The van der Waals surface area contributed by atoms with Gasteiger partial charge in [0.25, 0.3) is 5.91 Å². The zero-order valence-electron chi connectivity index (χ0n) is 17.2. The average Bonchev–Trinajstić information content (AvgIpc) is 2.83. The summed E-state index contributed by atoms with van der Waals surface area (Å²) in [6, 6.07) is 15.2. The second kappa shape index (κ2) is 9.23. The fraction of sp³-hybridized carbons (Fsp3) is 0.160. The molecule has 32 heavy (non-hydrogen) atoms. The molecule has 7 nitrogen and oxygen atoms in total. The summed E-state index contributed by atoms with van der Waals surface area (Å²) in [7, 11) is 0. The molecule has 1 aliphatic heterocycles. The quantitative estimate of drug-likeness (QED) is 0.625. The van der Waals surface area contributed by atoms with E-state index < -0.39 is 5.97 Å². The highest BCUT2D eigenvalue weighted by Gasteiger charge is 2.23. The first-order valence-corrected chi connectivity index (χ1v) is 10.1. The molecular weight excluding hydrogens is 406 g/mol. The number of carboxylic acids is 1. The zero-order valence-corrected chi connectivity index (χ0v) is 17.2. The molecule has 1 fully saturated rings. The van der Waals surface area contributed by atoms with Gasteiger partial charge in [-0.3, -0.25) is 9.78 Å². The van der Waals surface area contributed by atoms with Crippen LogP contribution in [0.5, 0.6) is 5.75 Å². The van der Waals surface area contributed by atoms with Crippen LogP contribution in [-0.2, 0) is 0 Å². The first-order valence-electron chi connectivity index (χ1n) is 10.1. The maximum Gasteiger partial charge on any atom is 0.335 e. The molecule has 4 rings (SSSR count). The van der Waals surface area contributed by atoms with Crippen LogP contribution >= 0.6 is 0 Å². The number of benzene rings is 2. The number of aromatic nitrogens is 1. The highest BCUT2D eigenvalue weighted by atomic mass is 16.4. The Labute approximate surface area is 185 Å². The number of nitrogens with zero attached hydrogens (tertiary/aromatic N) is 3. The second-order valence-corrected chi connectivity index (χ2v) is 7.39. The molecule has 0 radical (unpaired) electrons. The molecule has 2 aromatic carbocycles. The maximum absolute atomic E-state index is 13.0.